The minimum absolute atomic E-state index is 0.113. The molecule has 3 fully saturated rings. The van der Waals surface area contributed by atoms with E-state index >= 15 is 0 Å². The summed E-state index contributed by atoms with van der Waals surface area (Å²) in [6, 6.07) is 6.02. The lowest BCUT2D eigenvalue weighted by atomic mass is 9.91. The van der Waals surface area contributed by atoms with Gasteiger partial charge in [0.15, 0.2) is 28.8 Å². The molecule has 0 bridgehead atoms. The van der Waals surface area contributed by atoms with Gasteiger partial charge in [-0.25, -0.2) is 19.4 Å². The number of benzene rings is 1. The van der Waals surface area contributed by atoms with Gasteiger partial charge in [-0.3, -0.25) is 9.47 Å². The minimum Gasteiger partial charge on any atom is -0.479 e. The molecule has 3 aliphatic rings. The van der Waals surface area contributed by atoms with E-state index in [2.05, 4.69) is 26.2 Å². The fourth-order valence-electron chi connectivity index (χ4n) is 5.90. The van der Waals surface area contributed by atoms with E-state index < -0.39 is 54.6 Å². The lowest BCUT2D eigenvalue weighted by Gasteiger charge is -2.33. The number of imidazole rings is 1. The number of aliphatic hydroxyl groups is 2. The largest absolute Gasteiger partial charge is 0.479 e. The number of hydrogen-bond acceptors (Lipinski definition) is 11. The molecule has 1 aliphatic carbocycles. The normalized spacial score (nSPS) is 24.6. The first kappa shape index (κ1) is 33.4. The van der Waals surface area contributed by atoms with Crippen molar-refractivity contribution in [2.24, 2.45) is 5.92 Å². The van der Waals surface area contributed by atoms with Crippen molar-refractivity contribution < 1.29 is 44.3 Å². The monoisotopic (exact) mass is 683 g/mol. The van der Waals surface area contributed by atoms with Crippen molar-refractivity contribution in [3.8, 4) is 12.3 Å². The van der Waals surface area contributed by atoms with Gasteiger partial charge < -0.3 is 40.1 Å². The maximum atomic E-state index is 12.6. The molecule has 2 amide bonds. The molecule has 2 aliphatic heterocycles. The predicted octanol–water partition coefficient (Wildman–Crippen LogP) is 1.35. The molecule has 3 aromatic rings. The zero-order valence-corrected chi connectivity index (χ0v) is 26.6. The Kier molecular flexibility index (Phi) is 8.92. The number of aliphatic carboxylic acids is 2. The molecule has 4 atom stereocenters. The van der Waals surface area contributed by atoms with Crippen LogP contribution < -0.4 is 10.2 Å². The Morgan fingerprint density at radius 1 is 1.21 bits per heavy atom. The first-order valence-electron chi connectivity index (χ1n) is 15.3. The molecule has 2 saturated heterocycles. The lowest BCUT2D eigenvalue weighted by molar-refractivity contribution is -0.191. The smallest absolute Gasteiger partial charge is 0.348 e. The van der Waals surface area contributed by atoms with Crippen LogP contribution in [0.5, 0.6) is 0 Å². The Labute approximate surface area is 279 Å². The molecular formula is C31H34ClN7O9. The number of anilines is 2. The number of aromatic nitrogens is 4. The van der Waals surface area contributed by atoms with E-state index in [4.69, 9.17) is 27.5 Å². The number of carboxylic acids is 2. The van der Waals surface area contributed by atoms with Crippen molar-refractivity contribution in [2.45, 2.75) is 55.3 Å². The van der Waals surface area contributed by atoms with Crippen molar-refractivity contribution in [3.63, 3.8) is 0 Å². The predicted molar refractivity (Wildman–Crippen MR) is 169 cm³/mol. The molecule has 17 heteroatoms. The molecule has 5 N–H and O–H groups in total. The number of fused-ring (bicyclic) bond motifs is 1. The van der Waals surface area contributed by atoms with Crippen molar-refractivity contribution in [1.82, 2.24) is 24.4 Å². The van der Waals surface area contributed by atoms with Crippen molar-refractivity contribution in [3.05, 3.63) is 41.4 Å². The maximum Gasteiger partial charge on any atom is 0.348 e. The number of rotatable bonds is 12. The summed E-state index contributed by atoms with van der Waals surface area (Å²) in [5.41, 5.74) is -3.95. The zero-order valence-electron chi connectivity index (χ0n) is 25.8. The van der Waals surface area contributed by atoms with Gasteiger partial charge in [0.2, 0.25) is 5.28 Å². The van der Waals surface area contributed by atoms with Gasteiger partial charge in [-0.15, -0.1) is 6.42 Å². The molecule has 48 heavy (non-hydrogen) atoms. The number of terminal acetylenes is 1. The molecule has 1 aromatic carbocycles. The number of carbonyl (C=O) groups is 3. The molecule has 6 rings (SSSR count). The van der Waals surface area contributed by atoms with Crippen LogP contribution in [0.3, 0.4) is 0 Å². The molecule has 1 saturated carbocycles. The van der Waals surface area contributed by atoms with Gasteiger partial charge in [0.25, 0.3) is 5.60 Å². The highest BCUT2D eigenvalue weighted by atomic mass is 35.5. The third-order valence-electron chi connectivity index (χ3n) is 8.98. The highest BCUT2D eigenvalue weighted by Crippen LogP contribution is 2.40. The van der Waals surface area contributed by atoms with E-state index in [0.717, 1.165) is 19.3 Å². The summed E-state index contributed by atoms with van der Waals surface area (Å²) >= 11 is 6.19. The Hall–Kier alpha value is -4.53. The average molecular weight is 684 g/mol. The Morgan fingerprint density at radius 2 is 1.92 bits per heavy atom. The average Bonchev–Trinajstić information content (AvgIpc) is 3.75. The van der Waals surface area contributed by atoms with Crippen molar-refractivity contribution >= 4 is 52.2 Å². The van der Waals surface area contributed by atoms with E-state index in [1.807, 2.05) is 0 Å². The molecule has 254 valence electrons. The van der Waals surface area contributed by atoms with E-state index in [-0.39, 0.29) is 22.5 Å². The third-order valence-corrected chi connectivity index (χ3v) is 9.15. The summed E-state index contributed by atoms with van der Waals surface area (Å²) in [6.07, 6.45) is 4.45. The molecule has 0 unspecified atom stereocenters. The Morgan fingerprint density at radius 3 is 2.56 bits per heavy atom. The van der Waals surface area contributed by atoms with Crippen LogP contribution >= 0.6 is 11.6 Å². The van der Waals surface area contributed by atoms with Gasteiger partial charge in [-0.05, 0) is 54.5 Å². The Bertz CT molecular complexity index is 1760. The summed E-state index contributed by atoms with van der Waals surface area (Å²) < 4.78 is 12.8. The first-order chi connectivity index (χ1) is 22.9. The third kappa shape index (κ3) is 5.99. The zero-order chi connectivity index (χ0) is 34.4. The summed E-state index contributed by atoms with van der Waals surface area (Å²) in [5.74, 6) is -0.656. The van der Waals surface area contributed by atoms with Gasteiger partial charge in [0, 0.05) is 38.8 Å². The molecule has 2 aromatic heterocycles. The van der Waals surface area contributed by atoms with Gasteiger partial charge in [-0.2, -0.15) is 9.97 Å². The fraction of sp³-hybridized carbons (Fsp3) is 0.484. The van der Waals surface area contributed by atoms with Crippen LogP contribution in [-0.4, -0.2) is 120 Å². The SMILES string of the molecule is C#C[C@@]1(O)[C@@H](COC(Cc2ccc(N3CCCN(C)C3=O)cc2)(C(=O)O)C(=O)O)O[C@@H](n2cnc3c(NCC4CC4)nc(Cl)nc32)[C@@H]1O. The van der Waals surface area contributed by atoms with Crippen LogP contribution in [0.2, 0.25) is 5.28 Å². The number of amides is 2. The quantitative estimate of drug-likeness (QED) is 0.104. The minimum atomic E-state index is -2.84. The van der Waals surface area contributed by atoms with Crippen LogP contribution in [0.25, 0.3) is 11.2 Å². The lowest BCUT2D eigenvalue weighted by Crippen LogP contribution is -2.55. The van der Waals surface area contributed by atoms with Gasteiger partial charge in [0.1, 0.15) is 12.2 Å². The number of carboxylic acid groups (broad SMARTS) is 2. The van der Waals surface area contributed by atoms with Crippen molar-refractivity contribution in [1.29, 1.82) is 0 Å². The maximum absolute atomic E-state index is 12.6. The standard InChI is InChI=1S/C31H34ClN7O9/c1-3-30(46)20(48-25(22(30)40)39-16-34-21-23(33-14-18-5-6-18)35-28(32)36-24(21)39)15-47-31(26(41)42,27(43)44)13-17-7-9-19(10-8-17)38-12-4-11-37(2)29(38)45/h1,7-10,16,18,20,22,25,40,46H,4-6,11-15H2,2H3,(H,41,42)(H,43,44)(H,33,35,36)/t20-,22+,25-,30-/m1/s1. The van der Waals surface area contributed by atoms with Crippen LogP contribution in [0.1, 0.15) is 31.1 Å². The molecule has 0 radical (unpaired) electrons. The summed E-state index contributed by atoms with van der Waals surface area (Å²) in [7, 11) is 1.69. The molecule has 0 spiro atoms. The van der Waals surface area contributed by atoms with Crippen LogP contribution in [-0.2, 0) is 25.5 Å². The van der Waals surface area contributed by atoms with E-state index in [9.17, 15) is 34.8 Å². The van der Waals surface area contributed by atoms with Gasteiger partial charge >= 0.3 is 18.0 Å². The first-order valence-corrected chi connectivity index (χ1v) is 15.7. The van der Waals surface area contributed by atoms with Crippen LogP contribution in [0.15, 0.2) is 30.6 Å². The second-order valence-corrected chi connectivity index (χ2v) is 12.6. The number of halogens is 1. The van der Waals surface area contributed by atoms with E-state index in [1.165, 1.54) is 23.0 Å². The molecule has 4 heterocycles. The Balaban J connectivity index is 1.22. The molecule has 16 nitrogen and oxygen atoms in total. The number of ether oxygens (including phenoxy) is 2. The number of nitrogens with zero attached hydrogens (tertiary/aromatic N) is 6. The summed E-state index contributed by atoms with van der Waals surface area (Å²) in [6.45, 7) is 0.945. The van der Waals surface area contributed by atoms with Crippen molar-refractivity contribution in [2.75, 3.05) is 43.5 Å². The second kappa shape index (κ2) is 12.8. The fourth-order valence-corrected chi connectivity index (χ4v) is 6.06. The topological polar surface area (TPSA) is 213 Å². The van der Waals surface area contributed by atoms with Gasteiger partial charge in [-0.1, -0.05) is 18.1 Å². The van der Waals surface area contributed by atoms with E-state index in [1.54, 1.807) is 29.0 Å². The number of nitrogens with one attached hydrogen (secondary N) is 1. The highest BCUT2D eigenvalue weighted by Gasteiger charge is 2.58. The van der Waals surface area contributed by atoms with Crippen LogP contribution in [0.4, 0.5) is 16.3 Å². The molecular weight excluding hydrogens is 650 g/mol. The van der Waals surface area contributed by atoms with Crippen LogP contribution in [0, 0.1) is 18.3 Å². The van der Waals surface area contributed by atoms with E-state index in [0.29, 0.717) is 42.6 Å². The summed E-state index contributed by atoms with van der Waals surface area (Å²) in [4.78, 5) is 53.5. The second-order valence-electron chi connectivity index (χ2n) is 12.2. The number of urea groups is 1. The number of carbonyl (C=O) groups excluding carboxylic acids is 1. The summed E-state index contributed by atoms with van der Waals surface area (Å²) in [5, 5.41) is 45.9. The highest BCUT2D eigenvalue weighted by molar-refractivity contribution is 6.28. The number of hydrogen-bond donors (Lipinski definition) is 5. The van der Waals surface area contributed by atoms with Gasteiger partial charge in [0.05, 0.1) is 12.9 Å². The number of aliphatic hydroxyl groups excluding tert-OH is 1.